The van der Waals surface area contributed by atoms with Crippen molar-refractivity contribution in [1.82, 2.24) is 5.32 Å². The van der Waals surface area contributed by atoms with Crippen LogP contribution in [0, 0.1) is 13.8 Å². The number of nitrogens with one attached hydrogen (secondary N) is 2. The van der Waals surface area contributed by atoms with Crippen molar-refractivity contribution in [2.24, 2.45) is 0 Å². The number of carbonyl (C=O) groups is 1. The van der Waals surface area contributed by atoms with E-state index in [1.807, 2.05) is 13.0 Å². The third-order valence-electron chi connectivity index (χ3n) is 4.55. The van der Waals surface area contributed by atoms with E-state index >= 15 is 0 Å². The summed E-state index contributed by atoms with van der Waals surface area (Å²) in [5.41, 5.74) is 2.50. The average Bonchev–Trinajstić information content (AvgIpc) is 3.13. The normalized spacial score (nSPS) is 16.9. The molecule has 2 aromatic rings. The number of benzene rings is 2. The van der Waals surface area contributed by atoms with Gasteiger partial charge in [0.05, 0.1) is 11.0 Å². The van der Waals surface area contributed by atoms with Gasteiger partial charge in [0.15, 0.2) is 0 Å². The van der Waals surface area contributed by atoms with Crippen molar-refractivity contribution >= 4 is 21.6 Å². The molecule has 27 heavy (non-hydrogen) atoms. The van der Waals surface area contributed by atoms with Crippen molar-refractivity contribution in [3.8, 4) is 0 Å². The molecule has 3 rings (SSSR count). The maximum absolute atomic E-state index is 12.7. The summed E-state index contributed by atoms with van der Waals surface area (Å²) in [6, 6.07) is 11.7. The van der Waals surface area contributed by atoms with Crippen LogP contribution in [-0.4, -0.2) is 33.6 Å². The monoisotopic (exact) mass is 388 g/mol. The summed E-state index contributed by atoms with van der Waals surface area (Å²) in [4.78, 5) is 12.6. The van der Waals surface area contributed by atoms with Gasteiger partial charge in [0.2, 0.25) is 0 Å². The van der Waals surface area contributed by atoms with Crippen LogP contribution >= 0.6 is 0 Å². The number of aryl methyl sites for hydroxylation is 2. The SMILES string of the molecule is Cc1cccc(NS(=O)(=O)c2ccc(C)c(C(=O)NCC3CCCO3)c2)c1. The van der Waals surface area contributed by atoms with Crippen LogP contribution in [0.5, 0.6) is 0 Å². The highest BCUT2D eigenvalue weighted by molar-refractivity contribution is 7.92. The summed E-state index contributed by atoms with van der Waals surface area (Å²) in [6.45, 7) is 4.82. The predicted octanol–water partition coefficient (Wildman–Crippen LogP) is 3.01. The molecule has 7 heteroatoms. The van der Waals surface area contributed by atoms with Crippen molar-refractivity contribution in [3.05, 3.63) is 59.2 Å². The van der Waals surface area contributed by atoms with E-state index in [0.717, 1.165) is 25.0 Å². The lowest BCUT2D eigenvalue weighted by molar-refractivity contribution is 0.0857. The van der Waals surface area contributed by atoms with Gasteiger partial charge in [-0.15, -0.1) is 0 Å². The Morgan fingerprint density at radius 3 is 2.70 bits per heavy atom. The lowest BCUT2D eigenvalue weighted by Gasteiger charge is -2.14. The minimum atomic E-state index is -3.79. The quantitative estimate of drug-likeness (QED) is 0.797. The number of carbonyl (C=O) groups excluding carboxylic acids is 1. The second kappa shape index (κ2) is 8.10. The zero-order valence-corrected chi connectivity index (χ0v) is 16.3. The predicted molar refractivity (Wildman–Crippen MR) is 104 cm³/mol. The molecule has 1 aliphatic heterocycles. The Morgan fingerprint density at radius 1 is 1.19 bits per heavy atom. The molecule has 0 aliphatic carbocycles. The minimum absolute atomic E-state index is 0.0316. The van der Waals surface area contributed by atoms with E-state index in [1.54, 1.807) is 31.2 Å². The van der Waals surface area contributed by atoms with Gasteiger partial charge in [-0.25, -0.2) is 8.42 Å². The molecule has 1 unspecified atom stereocenters. The fourth-order valence-corrected chi connectivity index (χ4v) is 4.12. The first kappa shape index (κ1) is 19.4. The summed E-state index contributed by atoms with van der Waals surface area (Å²) in [5, 5.41) is 2.84. The van der Waals surface area contributed by atoms with Crippen LogP contribution in [-0.2, 0) is 14.8 Å². The molecule has 1 fully saturated rings. The molecular weight excluding hydrogens is 364 g/mol. The topological polar surface area (TPSA) is 84.5 Å². The molecule has 2 aromatic carbocycles. The lowest BCUT2D eigenvalue weighted by atomic mass is 10.1. The highest BCUT2D eigenvalue weighted by Crippen LogP contribution is 2.20. The van der Waals surface area contributed by atoms with Crippen molar-refractivity contribution in [3.63, 3.8) is 0 Å². The summed E-state index contributed by atoms with van der Waals surface area (Å²) in [7, 11) is -3.79. The van der Waals surface area contributed by atoms with Crippen LogP contribution in [0.1, 0.15) is 34.3 Å². The Labute approximate surface area is 160 Å². The molecule has 2 N–H and O–H groups in total. The smallest absolute Gasteiger partial charge is 0.261 e. The Balaban J connectivity index is 1.77. The van der Waals surface area contributed by atoms with Crippen molar-refractivity contribution in [2.45, 2.75) is 37.7 Å². The first-order valence-corrected chi connectivity index (χ1v) is 10.4. The van der Waals surface area contributed by atoms with E-state index in [4.69, 9.17) is 4.74 Å². The standard InChI is InChI=1S/C20H24N2O4S/c1-14-5-3-6-16(11-14)22-27(24,25)18-9-8-15(2)19(12-18)20(23)21-13-17-7-4-10-26-17/h3,5-6,8-9,11-12,17,22H,4,7,10,13H2,1-2H3,(H,21,23). The highest BCUT2D eigenvalue weighted by atomic mass is 32.2. The number of amides is 1. The number of hydrogen-bond donors (Lipinski definition) is 2. The average molecular weight is 388 g/mol. The highest BCUT2D eigenvalue weighted by Gasteiger charge is 2.20. The summed E-state index contributed by atoms with van der Waals surface area (Å²) in [5.74, 6) is -0.296. The zero-order valence-electron chi connectivity index (χ0n) is 15.5. The minimum Gasteiger partial charge on any atom is -0.376 e. The van der Waals surface area contributed by atoms with Crippen molar-refractivity contribution in [1.29, 1.82) is 0 Å². The molecule has 0 bridgehead atoms. The number of hydrogen-bond acceptors (Lipinski definition) is 4. The molecule has 1 amide bonds. The number of anilines is 1. The second-order valence-corrected chi connectivity index (χ2v) is 8.48. The van der Waals surface area contributed by atoms with Crippen LogP contribution in [0.15, 0.2) is 47.4 Å². The van der Waals surface area contributed by atoms with Gasteiger partial charge in [-0.2, -0.15) is 0 Å². The van der Waals surface area contributed by atoms with E-state index in [2.05, 4.69) is 10.0 Å². The fraction of sp³-hybridized carbons (Fsp3) is 0.350. The molecular formula is C20H24N2O4S. The summed E-state index contributed by atoms with van der Waals surface area (Å²) >= 11 is 0. The first-order chi connectivity index (χ1) is 12.8. The molecule has 6 nitrogen and oxygen atoms in total. The van der Waals surface area contributed by atoms with Crippen LogP contribution in [0.25, 0.3) is 0 Å². The van der Waals surface area contributed by atoms with Gasteiger partial charge in [-0.05, 0) is 62.1 Å². The second-order valence-electron chi connectivity index (χ2n) is 6.80. The maximum atomic E-state index is 12.7. The van der Waals surface area contributed by atoms with E-state index in [0.29, 0.717) is 23.4 Å². The molecule has 144 valence electrons. The lowest BCUT2D eigenvalue weighted by Crippen LogP contribution is -2.32. The Kier molecular flexibility index (Phi) is 5.82. The van der Waals surface area contributed by atoms with Crippen molar-refractivity contribution < 1.29 is 17.9 Å². The van der Waals surface area contributed by atoms with E-state index in [9.17, 15) is 13.2 Å². The number of ether oxygens (including phenoxy) is 1. The van der Waals surface area contributed by atoms with E-state index in [1.165, 1.54) is 12.1 Å². The molecule has 1 atom stereocenters. The molecule has 0 aromatic heterocycles. The molecule has 1 aliphatic rings. The first-order valence-electron chi connectivity index (χ1n) is 8.95. The zero-order chi connectivity index (χ0) is 19.4. The van der Waals surface area contributed by atoms with Gasteiger partial charge in [0.25, 0.3) is 15.9 Å². The van der Waals surface area contributed by atoms with Crippen LogP contribution in [0.3, 0.4) is 0 Å². The van der Waals surface area contributed by atoms with Gasteiger partial charge >= 0.3 is 0 Å². The molecule has 1 heterocycles. The summed E-state index contributed by atoms with van der Waals surface area (Å²) < 4.78 is 33.5. The Morgan fingerprint density at radius 2 is 2.00 bits per heavy atom. The number of sulfonamides is 1. The van der Waals surface area contributed by atoms with E-state index < -0.39 is 10.0 Å². The van der Waals surface area contributed by atoms with Crippen LogP contribution in [0.2, 0.25) is 0 Å². The molecule has 1 saturated heterocycles. The Bertz CT molecular complexity index is 935. The van der Waals surface area contributed by atoms with Crippen molar-refractivity contribution in [2.75, 3.05) is 17.9 Å². The van der Waals surface area contributed by atoms with E-state index in [-0.39, 0.29) is 16.9 Å². The summed E-state index contributed by atoms with van der Waals surface area (Å²) in [6.07, 6.45) is 1.95. The number of rotatable bonds is 6. The van der Waals surface area contributed by atoms with Gasteiger partial charge < -0.3 is 10.1 Å². The van der Waals surface area contributed by atoms with Crippen LogP contribution in [0.4, 0.5) is 5.69 Å². The third-order valence-corrected chi connectivity index (χ3v) is 5.93. The van der Waals surface area contributed by atoms with Gasteiger partial charge in [-0.1, -0.05) is 18.2 Å². The van der Waals surface area contributed by atoms with Gasteiger partial charge in [-0.3, -0.25) is 9.52 Å². The Hall–Kier alpha value is -2.38. The van der Waals surface area contributed by atoms with Crippen LogP contribution < -0.4 is 10.0 Å². The largest absolute Gasteiger partial charge is 0.376 e. The molecule has 0 saturated carbocycles. The molecule has 0 radical (unpaired) electrons. The van der Waals surface area contributed by atoms with Gasteiger partial charge in [0.1, 0.15) is 0 Å². The molecule has 0 spiro atoms. The fourth-order valence-electron chi connectivity index (χ4n) is 3.04. The van der Waals surface area contributed by atoms with Gasteiger partial charge in [0, 0.05) is 24.4 Å². The maximum Gasteiger partial charge on any atom is 0.261 e. The third kappa shape index (κ3) is 4.87.